The molecule has 192 valence electrons. The van der Waals surface area contributed by atoms with Crippen molar-refractivity contribution in [3.63, 3.8) is 0 Å². The fraction of sp³-hybridized carbons (Fsp3) is 0.708. The maximum Gasteiger partial charge on any atom is 1.00 e. The molecule has 0 radical (unpaired) electrons. The molecule has 2 heterocycles. The topological polar surface area (TPSA) is 147 Å². The minimum Gasteiger partial charge on any atom is -0.547 e. The largest absolute Gasteiger partial charge is 1.00 e. The Kier molecular flexibility index (Phi) is 7.00. The van der Waals surface area contributed by atoms with Gasteiger partial charge in [0.2, 0.25) is 6.29 Å². The SMILES string of the molecule is COC1(c2cccc(O[C@@H]3O[C@H](C(=O)[O-])[C@@H](O)[C@H](O)[C@H]3O)c2)OOC12C1CC3CC2CC(Cl)(C3)C1.[Na+]. The number of aliphatic carboxylic acids is 1. The molecule has 0 aromatic heterocycles. The van der Waals surface area contributed by atoms with Crippen LogP contribution in [0.1, 0.15) is 37.7 Å². The van der Waals surface area contributed by atoms with Gasteiger partial charge in [-0.05, 0) is 62.0 Å². The van der Waals surface area contributed by atoms with Crippen LogP contribution in [0.2, 0.25) is 0 Å². The van der Waals surface area contributed by atoms with Gasteiger partial charge in [0.05, 0.1) is 5.97 Å². The molecular weight excluding hydrogens is 507 g/mol. The Morgan fingerprint density at radius 3 is 2.33 bits per heavy atom. The average Bonchev–Trinajstić information content (AvgIpc) is 2.78. The van der Waals surface area contributed by atoms with Crippen molar-refractivity contribution in [3.05, 3.63) is 29.8 Å². The third-order valence-corrected chi connectivity index (χ3v) is 9.16. The van der Waals surface area contributed by atoms with Crippen LogP contribution in [0.5, 0.6) is 5.75 Å². The van der Waals surface area contributed by atoms with E-state index in [1.165, 1.54) is 0 Å². The van der Waals surface area contributed by atoms with Crippen LogP contribution in [-0.2, 0) is 29.8 Å². The molecule has 1 aromatic carbocycles. The molecule has 0 amide bonds. The number of aliphatic hydroxyl groups is 3. The van der Waals surface area contributed by atoms with Gasteiger partial charge in [-0.15, -0.1) is 11.6 Å². The van der Waals surface area contributed by atoms with E-state index >= 15 is 0 Å². The van der Waals surface area contributed by atoms with E-state index in [4.69, 9.17) is 35.6 Å². The first-order valence-electron chi connectivity index (χ1n) is 11.9. The van der Waals surface area contributed by atoms with Gasteiger partial charge in [-0.1, -0.05) is 12.1 Å². The van der Waals surface area contributed by atoms with Crippen LogP contribution in [0, 0.1) is 17.8 Å². The molecule has 1 spiro atoms. The normalized spacial score (nSPS) is 48.8. The van der Waals surface area contributed by atoms with E-state index in [1.54, 1.807) is 25.3 Å². The molecule has 7 rings (SSSR count). The fourth-order valence-corrected chi connectivity index (χ4v) is 7.98. The second-order valence-corrected chi connectivity index (χ2v) is 11.4. The van der Waals surface area contributed by atoms with Crippen molar-refractivity contribution in [2.75, 3.05) is 7.11 Å². The standard InChI is InChI=1S/C24H29ClO10.Na/c1-31-24(23(34-35-24)13-5-11-6-14(23)10-22(25,8-11)9-13)12-3-2-4-15(7-12)32-21-18(28)16(26)17(27)19(33-21)20(29)30;/h2-4,7,11,13-14,16-19,21,26-28H,5-6,8-10H2,1H3,(H,29,30);/q;+1/p-1/t11?,13?,14?,16-,17-,18+,19-,21+,22?,23?,24?;/m0./s1. The smallest absolute Gasteiger partial charge is 0.547 e. The minimum absolute atomic E-state index is 0. The summed E-state index contributed by atoms with van der Waals surface area (Å²) in [6.07, 6.45) is -4.14. The van der Waals surface area contributed by atoms with Crippen LogP contribution in [0.15, 0.2) is 24.3 Å². The third kappa shape index (κ3) is 3.72. The molecule has 4 saturated carbocycles. The molecule has 2 saturated heterocycles. The molecule has 36 heavy (non-hydrogen) atoms. The van der Waals surface area contributed by atoms with Crippen molar-refractivity contribution in [2.45, 2.75) is 79.1 Å². The first-order valence-corrected chi connectivity index (χ1v) is 12.3. The molecule has 3 unspecified atom stereocenters. The van der Waals surface area contributed by atoms with E-state index in [9.17, 15) is 25.2 Å². The number of carboxylic acids is 1. The molecule has 4 aliphatic carbocycles. The number of halogens is 1. The molecule has 1 aromatic rings. The van der Waals surface area contributed by atoms with E-state index in [1.807, 2.05) is 6.07 Å². The molecule has 12 heteroatoms. The van der Waals surface area contributed by atoms with Crippen molar-refractivity contribution in [1.82, 2.24) is 0 Å². The maximum atomic E-state index is 11.3. The van der Waals surface area contributed by atoms with Gasteiger partial charge in [0.1, 0.15) is 30.2 Å². The number of hydrogen-bond acceptors (Lipinski definition) is 10. The first kappa shape index (κ1) is 27.1. The Bertz CT molecular complexity index is 1010. The third-order valence-electron chi connectivity index (χ3n) is 8.69. The second-order valence-electron chi connectivity index (χ2n) is 10.6. The van der Waals surface area contributed by atoms with Crippen molar-refractivity contribution in [2.24, 2.45) is 17.8 Å². The van der Waals surface area contributed by atoms with Crippen LogP contribution in [-0.4, -0.2) is 69.6 Å². The average molecular weight is 535 g/mol. The summed E-state index contributed by atoms with van der Waals surface area (Å²) in [6.45, 7) is 0. The van der Waals surface area contributed by atoms with Gasteiger partial charge in [0, 0.05) is 17.5 Å². The predicted molar refractivity (Wildman–Crippen MR) is 114 cm³/mol. The number of ether oxygens (including phenoxy) is 3. The zero-order valence-electron chi connectivity index (χ0n) is 20.0. The minimum atomic E-state index is -1.87. The Labute approximate surface area is 235 Å². The van der Waals surface area contributed by atoms with E-state index in [2.05, 4.69) is 0 Å². The Hall–Kier alpha value is -0.500. The molecule has 6 fully saturated rings. The number of carbonyl (C=O) groups is 1. The van der Waals surface area contributed by atoms with Gasteiger partial charge in [-0.3, -0.25) is 0 Å². The summed E-state index contributed by atoms with van der Waals surface area (Å²) in [6, 6.07) is 6.77. The molecule has 6 aliphatic rings. The number of hydrogen-bond donors (Lipinski definition) is 3. The van der Waals surface area contributed by atoms with Crippen molar-refractivity contribution >= 4 is 17.6 Å². The summed E-state index contributed by atoms with van der Waals surface area (Å²) < 4.78 is 16.9. The van der Waals surface area contributed by atoms with Crippen LogP contribution >= 0.6 is 11.6 Å². The quantitative estimate of drug-likeness (QED) is 0.202. The van der Waals surface area contributed by atoms with Crippen LogP contribution in [0.4, 0.5) is 0 Å². The number of carboxylic acid groups (broad SMARTS) is 1. The fourth-order valence-electron chi connectivity index (χ4n) is 7.39. The number of rotatable bonds is 5. The predicted octanol–water partition coefficient (Wildman–Crippen LogP) is -3.06. The van der Waals surface area contributed by atoms with Crippen molar-refractivity contribution in [1.29, 1.82) is 0 Å². The van der Waals surface area contributed by atoms with Gasteiger partial charge in [-0.25, -0.2) is 4.89 Å². The number of carbonyl (C=O) groups excluding carboxylic acids is 1. The molecular formula is C24H28ClNaO10. The second kappa shape index (κ2) is 9.31. The summed E-state index contributed by atoms with van der Waals surface area (Å²) in [7, 11) is 1.57. The van der Waals surface area contributed by atoms with Gasteiger partial charge < -0.3 is 39.4 Å². The summed E-state index contributed by atoms with van der Waals surface area (Å²) in [5, 5.41) is 41.6. The molecule has 3 N–H and O–H groups in total. The maximum absolute atomic E-state index is 11.3. The first-order chi connectivity index (χ1) is 16.6. The van der Waals surface area contributed by atoms with Gasteiger partial charge >= 0.3 is 29.6 Å². The van der Waals surface area contributed by atoms with E-state index in [0.29, 0.717) is 11.5 Å². The monoisotopic (exact) mass is 534 g/mol. The number of alkyl halides is 1. The van der Waals surface area contributed by atoms with Crippen LogP contribution in [0.25, 0.3) is 0 Å². The van der Waals surface area contributed by atoms with E-state index in [-0.39, 0.29) is 52.0 Å². The summed E-state index contributed by atoms with van der Waals surface area (Å²) in [4.78, 5) is 22.8. The zero-order chi connectivity index (χ0) is 24.8. The van der Waals surface area contributed by atoms with E-state index < -0.39 is 48.1 Å². The Balaban J connectivity index is 0.00000267. The molecule has 8 atom stereocenters. The number of methoxy groups -OCH3 is 1. The number of aliphatic hydroxyl groups excluding tert-OH is 3. The van der Waals surface area contributed by atoms with Gasteiger partial charge in [-0.2, -0.15) is 4.89 Å². The Morgan fingerprint density at radius 1 is 1.08 bits per heavy atom. The molecule has 2 aliphatic heterocycles. The van der Waals surface area contributed by atoms with Crippen LogP contribution in [0.3, 0.4) is 0 Å². The zero-order valence-corrected chi connectivity index (χ0v) is 22.8. The summed E-state index contributed by atoms with van der Waals surface area (Å²) >= 11 is 6.95. The Morgan fingerprint density at radius 2 is 1.78 bits per heavy atom. The van der Waals surface area contributed by atoms with E-state index in [0.717, 1.165) is 32.1 Å². The number of benzene rings is 1. The van der Waals surface area contributed by atoms with Crippen molar-refractivity contribution in [3.8, 4) is 5.75 Å². The molecule has 4 bridgehead atoms. The van der Waals surface area contributed by atoms with Gasteiger partial charge in [0.15, 0.2) is 5.60 Å². The molecule has 10 nitrogen and oxygen atoms in total. The van der Waals surface area contributed by atoms with Crippen LogP contribution < -0.4 is 39.4 Å². The van der Waals surface area contributed by atoms with Crippen molar-refractivity contribution < 1.29 is 78.8 Å². The van der Waals surface area contributed by atoms with Gasteiger partial charge in [0.25, 0.3) is 5.79 Å². The summed E-state index contributed by atoms with van der Waals surface area (Å²) in [5.74, 6) is -1.83. The summed E-state index contributed by atoms with van der Waals surface area (Å²) in [5.41, 5.74) is -0.0705.